The molecule has 2 amide bonds. The maximum absolute atomic E-state index is 14.2. The van der Waals surface area contributed by atoms with Crippen molar-refractivity contribution < 1.29 is 45.3 Å². The summed E-state index contributed by atoms with van der Waals surface area (Å²) in [7, 11) is 0. The Hall–Kier alpha value is -3.87. The first-order chi connectivity index (χ1) is 23.8. The van der Waals surface area contributed by atoms with Crippen LogP contribution in [0.25, 0.3) is 5.78 Å². The number of ether oxygens (including phenoxy) is 1. The van der Waals surface area contributed by atoms with E-state index >= 15 is 0 Å². The Labute approximate surface area is 281 Å². The van der Waals surface area contributed by atoms with E-state index in [0.29, 0.717) is 37.4 Å². The highest BCUT2D eigenvalue weighted by molar-refractivity contribution is 5.93. The summed E-state index contributed by atoms with van der Waals surface area (Å²) in [5, 5.41) is 17.6. The molecule has 3 aliphatic heterocycles. The fraction of sp³-hybridized carbons (Fsp3) is 0.710. The van der Waals surface area contributed by atoms with Crippen molar-refractivity contribution in [3.8, 4) is 0 Å². The van der Waals surface area contributed by atoms with Gasteiger partial charge < -0.3 is 15.4 Å². The number of piperidine rings is 1. The van der Waals surface area contributed by atoms with Crippen LogP contribution in [0, 0.1) is 17.8 Å². The molecule has 0 radical (unpaired) electrons. The molecule has 7 rings (SSSR count). The minimum Gasteiger partial charge on any atom is -0.381 e. The predicted molar refractivity (Wildman–Crippen MR) is 160 cm³/mol. The average molecular weight is 714 g/mol. The van der Waals surface area contributed by atoms with E-state index in [4.69, 9.17) is 19.4 Å². The number of carbonyl (C=O) groups excluding carboxylic acids is 2. The summed E-state index contributed by atoms with van der Waals surface area (Å²) in [6.07, 6.45) is -3.83. The predicted octanol–water partition coefficient (Wildman–Crippen LogP) is 3.71. The Bertz CT molecular complexity index is 1690. The summed E-state index contributed by atoms with van der Waals surface area (Å²) in [6.45, 7) is 0.907. The van der Waals surface area contributed by atoms with Crippen LogP contribution in [0.4, 0.5) is 26.3 Å². The fourth-order valence-electron chi connectivity index (χ4n) is 7.40. The van der Waals surface area contributed by atoms with Crippen molar-refractivity contribution in [1.29, 1.82) is 0 Å². The molecule has 19 heteroatoms. The van der Waals surface area contributed by atoms with E-state index in [1.54, 1.807) is 4.90 Å². The molecule has 1 saturated carbocycles. The number of rotatable bonds is 9. The number of amides is 2. The zero-order valence-electron chi connectivity index (χ0n) is 27.0. The van der Waals surface area contributed by atoms with Crippen molar-refractivity contribution in [2.75, 3.05) is 32.8 Å². The number of nitrogens with zero attached hydrogens (tertiary/aromatic N) is 7. The Balaban J connectivity index is 1.20. The number of carbonyl (C=O) groups is 2. The number of imidazole rings is 1. The average Bonchev–Trinajstić information content (AvgIpc) is 3.70. The van der Waals surface area contributed by atoms with Crippen LogP contribution in [0.5, 0.6) is 0 Å². The SMILES string of the molecule is O=C(N[C@H](c1cn2nc(C[C@H]3C[C@@H](C(F)(F)F)CNC3=O)c(C3CCOCC3)nc2n1)C1CCC(F)(F)CC1)c1nonc1CN1CC(F)C1. The summed E-state index contributed by atoms with van der Waals surface area (Å²) in [5.41, 5.74) is 1.24. The Morgan fingerprint density at radius 1 is 1.08 bits per heavy atom. The van der Waals surface area contributed by atoms with E-state index in [1.165, 1.54) is 10.7 Å². The van der Waals surface area contributed by atoms with Gasteiger partial charge in [0.1, 0.15) is 11.9 Å². The van der Waals surface area contributed by atoms with Gasteiger partial charge in [-0.25, -0.2) is 32.3 Å². The molecule has 1 aliphatic carbocycles. The Morgan fingerprint density at radius 3 is 2.52 bits per heavy atom. The van der Waals surface area contributed by atoms with Crippen LogP contribution < -0.4 is 10.6 Å². The molecular weight excluding hydrogens is 676 g/mol. The van der Waals surface area contributed by atoms with Gasteiger partial charge in [0.05, 0.1) is 35.2 Å². The van der Waals surface area contributed by atoms with Crippen LogP contribution in [0.3, 0.4) is 0 Å². The molecule has 2 N–H and O–H groups in total. The van der Waals surface area contributed by atoms with Gasteiger partial charge >= 0.3 is 6.18 Å². The lowest BCUT2D eigenvalue weighted by atomic mass is 9.81. The smallest absolute Gasteiger partial charge is 0.381 e. The van der Waals surface area contributed by atoms with Crippen molar-refractivity contribution >= 4 is 17.6 Å². The third kappa shape index (κ3) is 7.43. The summed E-state index contributed by atoms with van der Waals surface area (Å²) < 4.78 is 94.4. The maximum atomic E-state index is 14.2. The van der Waals surface area contributed by atoms with Crippen molar-refractivity contribution in [2.24, 2.45) is 17.8 Å². The molecule has 4 aliphatic rings. The minimum absolute atomic E-state index is 0.0814. The number of hydrogen-bond acceptors (Lipinski definition) is 10. The van der Waals surface area contributed by atoms with E-state index in [2.05, 4.69) is 25.9 Å². The van der Waals surface area contributed by atoms with Gasteiger partial charge in [0.15, 0.2) is 5.69 Å². The van der Waals surface area contributed by atoms with Crippen LogP contribution in [0.1, 0.15) is 90.2 Å². The largest absolute Gasteiger partial charge is 0.393 e. The highest BCUT2D eigenvalue weighted by Crippen LogP contribution is 2.42. The van der Waals surface area contributed by atoms with Crippen LogP contribution in [0.15, 0.2) is 10.8 Å². The molecule has 3 atom stereocenters. The lowest BCUT2D eigenvalue weighted by molar-refractivity contribution is -0.183. The van der Waals surface area contributed by atoms with Gasteiger partial charge in [-0.2, -0.15) is 18.3 Å². The van der Waals surface area contributed by atoms with E-state index in [9.17, 15) is 35.9 Å². The molecule has 3 saturated heterocycles. The fourth-order valence-corrected chi connectivity index (χ4v) is 7.40. The third-order valence-corrected chi connectivity index (χ3v) is 10.3. The van der Waals surface area contributed by atoms with E-state index in [0.717, 1.165) is 0 Å². The standard InChI is InChI=1S/C31H37F6N9O4/c32-20-12-45(13-20)14-23-26(44-50-43-23)28(48)40-25(16-1-5-30(33,34)6-2-16)22-15-46-29(39-22)41-24(17-3-7-49-8-4-17)21(42-46)10-18-9-19(31(35,36)37)11-38-27(18)47/h15-20,25H,1-14H2,(H,38,47)(H,40,48)/t18-,19-,25+/m1/s1. The molecule has 3 aromatic rings. The second-order valence-electron chi connectivity index (χ2n) is 13.9. The lowest BCUT2D eigenvalue weighted by Gasteiger charge is -2.34. The molecule has 6 heterocycles. The van der Waals surface area contributed by atoms with Crippen molar-refractivity contribution in [3.63, 3.8) is 0 Å². The normalized spacial score (nSPS) is 25.0. The molecule has 4 fully saturated rings. The number of likely N-dealkylation sites (tertiary alicyclic amines) is 1. The maximum Gasteiger partial charge on any atom is 0.393 e. The van der Waals surface area contributed by atoms with Gasteiger partial charge in [-0.1, -0.05) is 5.16 Å². The van der Waals surface area contributed by atoms with Gasteiger partial charge in [-0.15, -0.1) is 0 Å². The molecule has 0 unspecified atom stereocenters. The molecule has 0 spiro atoms. The molecule has 0 bridgehead atoms. The second kappa shape index (κ2) is 13.7. The number of hydrogen-bond donors (Lipinski definition) is 2. The zero-order valence-corrected chi connectivity index (χ0v) is 27.0. The van der Waals surface area contributed by atoms with Gasteiger partial charge in [-0.05, 0) is 43.2 Å². The number of alkyl halides is 6. The Kier molecular flexibility index (Phi) is 9.46. The summed E-state index contributed by atoms with van der Waals surface area (Å²) in [5.74, 6) is -7.13. The first-order valence-electron chi connectivity index (χ1n) is 16.9. The first-order valence-corrected chi connectivity index (χ1v) is 16.9. The first kappa shape index (κ1) is 34.6. The number of nitrogens with one attached hydrogen (secondary N) is 2. The Morgan fingerprint density at radius 2 is 1.82 bits per heavy atom. The summed E-state index contributed by atoms with van der Waals surface area (Å²) in [4.78, 5) is 37.6. The molecule has 3 aromatic heterocycles. The highest BCUT2D eigenvalue weighted by Gasteiger charge is 2.45. The summed E-state index contributed by atoms with van der Waals surface area (Å²) >= 11 is 0. The van der Waals surface area contributed by atoms with E-state index < -0.39 is 60.4 Å². The minimum atomic E-state index is -4.47. The third-order valence-electron chi connectivity index (χ3n) is 10.3. The van der Waals surface area contributed by atoms with Crippen molar-refractivity contribution in [2.45, 2.75) is 88.1 Å². The monoisotopic (exact) mass is 713 g/mol. The second-order valence-corrected chi connectivity index (χ2v) is 13.9. The van der Waals surface area contributed by atoms with Gasteiger partial charge in [0.2, 0.25) is 11.8 Å². The lowest BCUT2D eigenvalue weighted by Crippen LogP contribution is -2.47. The zero-order chi connectivity index (χ0) is 35.2. The highest BCUT2D eigenvalue weighted by atomic mass is 19.4. The summed E-state index contributed by atoms with van der Waals surface area (Å²) in [6, 6.07) is -0.877. The number of halogens is 6. The molecule has 13 nitrogen and oxygen atoms in total. The molecular formula is C31H37F6N9O4. The van der Waals surface area contributed by atoms with Crippen molar-refractivity contribution in [1.82, 2.24) is 45.4 Å². The van der Waals surface area contributed by atoms with E-state index in [-0.39, 0.29) is 86.9 Å². The van der Waals surface area contributed by atoms with Crippen LogP contribution in [-0.2, 0) is 22.5 Å². The van der Waals surface area contributed by atoms with Crippen LogP contribution in [0.2, 0.25) is 0 Å². The van der Waals surface area contributed by atoms with Crippen LogP contribution >= 0.6 is 0 Å². The quantitative estimate of drug-likeness (QED) is 0.314. The topological polar surface area (TPSA) is 153 Å². The molecule has 0 aromatic carbocycles. The van der Waals surface area contributed by atoms with Gasteiger partial charge in [-0.3, -0.25) is 14.5 Å². The van der Waals surface area contributed by atoms with Gasteiger partial charge in [0.25, 0.3) is 11.7 Å². The van der Waals surface area contributed by atoms with Gasteiger partial charge in [0, 0.05) is 70.5 Å². The number of aromatic nitrogens is 6. The molecule has 50 heavy (non-hydrogen) atoms. The number of fused-ring (bicyclic) bond motifs is 1. The van der Waals surface area contributed by atoms with Crippen molar-refractivity contribution in [3.05, 3.63) is 34.7 Å². The molecule has 272 valence electrons. The van der Waals surface area contributed by atoms with E-state index in [1.807, 2.05) is 0 Å². The van der Waals surface area contributed by atoms with Crippen LogP contribution in [-0.4, -0.2) is 97.7 Å².